The molecule has 0 saturated heterocycles. The van der Waals surface area contributed by atoms with Crippen LogP contribution in [-0.2, 0) is 9.53 Å². The van der Waals surface area contributed by atoms with Crippen molar-refractivity contribution < 1.29 is 14.5 Å². The van der Waals surface area contributed by atoms with Crippen molar-refractivity contribution in [2.75, 3.05) is 25.1 Å². The van der Waals surface area contributed by atoms with Gasteiger partial charge in [-0.2, -0.15) is 0 Å². The van der Waals surface area contributed by atoms with Crippen LogP contribution in [0.3, 0.4) is 0 Å². The molecular weight excluding hydrogens is 351 g/mol. The highest BCUT2D eigenvalue weighted by Gasteiger charge is 2.14. The first-order chi connectivity index (χ1) is 8.45. The number of rotatable bonds is 5. The van der Waals surface area contributed by atoms with E-state index < -0.39 is 4.92 Å². The Morgan fingerprint density at radius 2 is 2.22 bits per heavy atom. The van der Waals surface area contributed by atoms with Gasteiger partial charge in [0.05, 0.1) is 17.2 Å². The highest BCUT2D eigenvalue weighted by Crippen LogP contribution is 2.26. The molecule has 0 radical (unpaired) electrons. The number of esters is 1. The van der Waals surface area contributed by atoms with Gasteiger partial charge in [-0.1, -0.05) is 0 Å². The second kappa shape index (κ2) is 6.53. The maximum atomic E-state index is 11.3. The first kappa shape index (κ1) is 14.7. The number of nitro groups is 1. The van der Waals surface area contributed by atoms with Crippen LogP contribution in [0.15, 0.2) is 18.2 Å². The van der Waals surface area contributed by atoms with Crippen molar-refractivity contribution in [3.8, 4) is 0 Å². The molecule has 18 heavy (non-hydrogen) atoms. The lowest BCUT2D eigenvalue weighted by atomic mass is 10.2. The number of anilines is 1. The van der Waals surface area contributed by atoms with Crippen LogP contribution < -0.4 is 4.90 Å². The van der Waals surface area contributed by atoms with Gasteiger partial charge in [0.15, 0.2) is 0 Å². The monoisotopic (exact) mass is 364 g/mol. The average Bonchev–Trinajstić information content (AvgIpc) is 2.28. The third-order valence-electron chi connectivity index (χ3n) is 2.22. The second-order valence-electron chi connectivity index (χ2n) is 3.55. The van der Waals surface area contributed by atoms with E-state index in [1.807, 2.05) is 22.6 Å². The predicted molar refractivity (Wildman–Crippen MR) is 75.7 cm³/mol. The summed E-state index contributed by atoms with van der Waals surface area (Å²) >= 11 is 2.00. The zero-order valence-electron chi connectivity index (χ0n) is 10.1. The van der Waals surface area contributed by atoms with Crippen molar-refractivity contribution in [3.63, 3.8) is 0 Å². The molecule has 6 nitrogen and oxygen atoms in total. The number of nitrogens with zero attached hydrogens (tertiary/aromatic N) is 2. The molecule has 0 aliphatic rings. The van der Waals surface area contributed by atoms with Crippen molar-refractivity contribution in [2.24, 2.45) is 0 Å². The van der Waals surface area contributed by atoms with Crippen LogP contribution in [0.4, 0.5) is 11.4 Å². The lowest BCUT2D eigenvalue weighted by Gasteiger charge is -2.19. The molecule has 0 unspecified atom stereocenters. The highest BCUT2D eigenvalue weighted by atomic mass is 127. The number of carbonyl (C=O) groups is 1. The van der Waals surface area contributed by atoms with Crippen LogP contribution in [0.25, 0.3) is 0 Å². The summed E-state index contributed by atoms with van der Waals surface area (Å²) in [6.07, 6.45) is 0. The molecule has 7 heteroatoms. The van der Waals surface area contributed by atoms with E-state index in [4.69, 9.17) is 4.74 Å². The topological polar surface area (TPSA) is 72.7 Å². The summed E-state index contributed by atoms with van der Waals surface area (Å²) in [6, 6.07) is 4.51. The van der Waals surface area contributed by atoms with Crippen molar-refractivity contribution in [1.82, 2.24) is 0 Å². The summed E-state index contributed by atoms with van der Waals surface area (Å²) in [5.74, 6) is -0.325. The summed E-state index contributed by atoms with van der Waals surface area (Å²) in [5, 5.41) is 10.6. The van der Waals surface area contributed by atoms with Gasteiger partial charge in [0, 0.05) is 22.8 Å². The average molecular weight is 364 g/mol. The Kier molecular flexibility index (Phi) is 5.32. The summed E-state index contributed by atoms with van der Waals surface area (Å²) in [4.78, 5) is 23.2. The molecule has 0 heterocycles. The molecule has 0 bridgehead atoms. The quantitative estimate of drug-likeness (QED) is 0.347. The van der Waals surface area contributed by atoms with Gasteiger partial charge in [0.1, 0.15) is 6.54 Å². The van der Waals surface area contributed by atoms with Gasteiger partial charge >= 0.3 is 5.97 Å². The molecule has 0 atom stereocenters. The number of benzene rings is 1. The van der Waals surface area contributed by atoms with E-state index in [1.54, 1.807) is 24.9 Å². The van der Waals surface area contributed by atoms with Crippen molar-refractivity contribution in [3.05, 3.63) is 31.9 Å². The number of carbonyl (C=O) groups excluding carboxylic acids is 1. The lowest BCUT2D eigenvalue weighted by molar-refractivity contribution is -0.384. The number of hydrogen-bond acceptors (Lipinski definition) is 5. The normalized spacial score (nSPS) is 9.94. The third-order valence-corrected chi connectivity index (χ3v) is 3.09. The number of likely N-dealkylation sites (N-methyl/N-ethyl adjacent to an activating group) is 1. The standard InChI is InChI=1S/C11H13IN2O4/c1-3-18-11(15)7-13(2)10-5-4-8(14(16)17)6-9(10)12/h4-6H,3,7H2,1-2H3. The second-order valence-corrected chi connectivity index (χ2v) is 4.72. The van der Waals surface area contributed by atoms with Gasteiger partial charge < -0.3 is 9.64 Å². The number of halogens is 1. The van der Waals surface area contributed by atoms with Crippen LogP contribution in [-0.4, -0.2) is 31.1 Å². The van der Waals surface area contributed by atoms with Gasteiger partial charge in [-0.3, -0.25) is 14.9 Å². The van der Waals surface area contributed by atoms with Crippen LogP contribution >= 0.6 is 22.6 Å². The molecule has 0 amide bonds. The minimum Gasteiger partial charge on any atom is -0.465 e. The molecule has 1 aromatic rings. The van der Waals surface area contributed by atoms with Crippen LogP contribution in [0.1, 0.15) is 6.92 Å². The highest BCUT2D eigenvalue weighted by molar-refractivity contribution is 14.1. The Hall–Kier alpha value is -1.38. The molecule has 1 aromatic carbocycles. The van der Waals surface area contributed by atoms with E-state index in [9.17, 15) is 14.9 Å². The smallest absolute Gasteiger partial charge is 0.325 e. The van der Waals surface area contributed by atoms with E-state index in [0.29, 0.717) is 10.2 Å². The molecule has 98 valence electrons. The van der Waals surface area contributed by atoms with Crippen LogP contribution in [0.5, 0.6) is 0 Å². The Morgan fingerprint density at radius 3 is 2.72 bits per heavy atom. The lowest BCUT2D eigenvalue weighted by Crippen LogP contribution is -2.27. The summed E-state index contributed by atoms with van der Waals surface area (Å²) in [6.45, 7) is 2.19. The summed E-state index contributed by atoms with van der Waals surface area (Å²) < 4.78 is 5.56. The molecule has 0 aliphatic heterocycles. The maximum absolute atomic E-state index is 11.3. The fourth-order valence-corrected chi connectivity index (χ4v) is 2.32. The number of hydrogen-bond donors (Lipinski definition) is 0. The van der Waals surface area contributed by atoms with E-state index in [1.165, 1.54) is 12.1 Å². The van der Waals surface area contributed by atoms with Gasteiger partial charge in [-0.25, -0.2) is 0 Å². The van der Waals surface area contributed by atoms with Crippen molar-refractivity contribution >= 4 is 39.9 Å². The predicted octanol–water partition coefficient (Wildman–Crippen LogP) is 2.20. The van der Waals surface area contributed by atoms with E-state index in [-0.39, 0.29) is 18.2 Å². The molecule has 1 rings (SSSR count). The molecule has 0 saturated carbocycles. The Balaban J connectivity index is 2.83. The molecular formula is C11H13IN2O4. The number of nitro benzene ring substituents is 1. The fourth-order valence-electron chi connectivity index (χ4n) is 1.40. The Morgan fingerprint density at radius 1 is 1.56 bits per heavy atom. The van der Waals surface area contributed by atoms with E-state index in [2.05, 4.69) is 0 Å². The first-order valence-electron chi connectivity index (χ1n) is 5.26. The molecule has 0 fully saturated rings. The molecule has 0 aliphatic carbocycles. The summed E-state index contributed by atoms with van der Waals surface area (Å²) in [5.41, 5.74) is 0.793. The molecule has 0 N–H and O–H groups in total. The fraction of sp³-hybridized carbons (Fsp3) is 0.364. The summed E-state index contributed by atoms with van der Waals surface area (Å²) in [7, 11) is 1.74. The van der Waals surface area contributed by atoms with Crippen LogP contribution in [0, 0.1) is 13.7 Å². The third kappa shape index (κ3) is 3.83. The van der Waals surface area contributed by atoms with E-state index in [0.717, 1.165) is 5.69 Å². The molecule has 0 aromatic heterocycles. The SMILES string of the molecule is CCOC(=O)CN(C)c1ccc([N+](=O)[O-])cc1I. The Labute approximate surface area is 118 Å². The zero-order valence-corrected chi connectivity index (χ0v) is 12.2. The van der Waals surface area contributed by atoms with E-state index >= 15 is 0 Å². The minimum absolute atomic E-state index is 0.0349. The number of ether oxygens (including phenoxy) is 1. The number of non-ortho nitro benzene ring substituents is 1. The van der Waals surface area contributed by atoms with Gasteiger partial charge in [-0.15, -0.1) is 0 Å². The maximum Gasteiger partial charge on any atom is 0.325 e. The van der Waals surface area contributed by atoms with Crippen molar-refractivity contribution in [2.45, 2.75) is 6.92 Å². The Bertz CT molecular complexity index is 464. The largest absolute Gasteiger partial charge is 0.465 e. The first-order valence-corrected chi connectivity index (χ1v) is 6.34. The van der Waals surface area contributed by atoms with Crippen LogP contribution in [0.2, 0.25) is 0 Å². The molecule has 0 spiro atoms. The van der Waals surface area contributed by atoms with Gasteiger partial charge in [0.2, 0.25) is 0 Å². The minimum atomic E-state index is -0.447. The van der Waals surface area contributed by atoms with Gasteiger partial charge in [0.25, 0.3) is 5.69 Å². The zero-order chi connectivity index (χ0) is 13.7. The van der Waals surface area contributed by atoms with Crippen molar-refractivity contribution in [1.29, 1.82) is 0 Å². The van der Waals surface area contributed by atoms with Gasteiger partial charge in [-0.05, 0) is 35.6 Å².